The Balaban J connectivity index is 1.81. The highest BCUT2D eigenvalue weighted by molar-refractivity contribution is 5.80. The Morgan fingerprint density at radius 1 is 1.27 bits per heavy atom. The van der Waals surface area contributed by atoms with Gasteiger partial charge in [0.2, 0.25) is 0 Å². The van der Waals surface area contributed by atoms with Crippen molar-refractivity contribution in [3.63, 3.8) is 0 Å². The summed E-state index contributed by atoms with van der Waals surface area (Å²) in [6, 6.07) is 5.06. The number of hydrogen-bond acceptors (Lipinski definition) is 2. The number of rotatable bonds is 3. The molecular formula is C17H16F3NO. The molecule has 1 aromatic carbocycles. The Hall–Kier alpha value is -2.01. The van der Waals surface area contributed by atoms with Crippen LogP contribution in [0.25, 0.3) is 5.57 Å². The Morgan fingerprint density at radius 3 is 2.73 bits per heavy atom. The molecule has 1 fully saturated rings. The summed E-state index contributed by atoms with van der Waals surface area (Å²) in [5.74, 6) is 0.542. The molecule has 116 valence electrons. The molecule has 2 aliphatic carbocycles. The van der Waals surface area contributed by atoms with E-state index in [1.165, 1.54) is 5.57 Å². The minimum absolute atomic E-state index is 0.0923. The summed E-state index contributed by atoms with van der Waals surface area (Å²) in [5, 5.41) is 0. The summed E-state index contributed by atoms with van der Waals surface area (Å²) >= 11 is 0. The lowest BCUT2D eigenvalue weighted by molar-refractivity contribution is -0.153. The van der Waals surface area contributed by atoms with Crippen molar-refractivity contribution in [3.05, 3.63) is 59.2 Å². The van der Waals surface area contributed by atoms with Crippen molar-refractivity contribution in [2.45, 2.75) is 19.1 Å². The van der Waals surface area contributed by atoms with Gasteiger partial charge < -0.3 is 10.5 Å². The molecule has 1 saturated carbocycles. The number of alkyl halides is 3. The predicted octanol–water partition coefficient (Wildman–Crippen LogP) is 3.77. The zero-order valence-corrected chi connectivity index (χ0v) is 12.0. The van der Waals surface area contributed by atoms with Crippen LogP contribution in [0.15, 0.2) is 48.1 Å². The number of fused-ring (bicyclic) bond motifs is 1. The van der Waals surface area contributed by atoms with Crippen LogP contribution in [0.1, 0.15) is 11.1 Å². The average Bonchev–Trinajstić information content (AvgIpc) is 3.10. The fourth-order valence-corrected chi connectivity index (χ4v) is 2.64. The number of ether oxygens (including phenoxy) is 1. The average molecular weight is 307 g/mol. The maximum Gasteiger partial charge on any atom is 0.422 e. The summed E-state index contributed by atoms with van der Waals surface area (Å²) in [6.45, 7) is 0.575. The highest BCUT2D eigenvalue weighted by Gasteiger charge is 2.39. The fraction of sp³-hybridized carbons (Fsp3) is 0.294. The van der Waals surface area contributed by atoms with Crippen LogP contribution < -0.4 is 10.5 Å². The summed E-state index contributed by atoms with van der Waals surface area (Å²) in [4.78, 5) is 0. The molecule has 0 heterocycles. The van der Waals surface area contributed by atoms with E-state index in [1.807, 2.05) is 19.1 Å². The van der Waals surface area contributed by atoms with Crippen molar-refractivity contribution in [3.8, 4) is 5.75 Å². The first-order chi connectivity index (χ1) is 10.3. The van der Waals surface area contributed by atoms with Crippen molar-refractivity contribution >= 4 is 5.57 Å². The molecule has 0 radical (unpaired) electrons. The second kappa shape index (κ2) is 5.32. The molecule has 2 N–H and O–H groups in total. The molecule has 0 aromatic heterocycles. The first kappa shape index (κ1) is 14.9. The summed E-state index contributed by atoms with van der Waals surface area (Å²) in [6.07, 6.45) is 3.77. The smallest absolute Gasteiger partial charge is 0.422 e. The maximum atomic E-state index is 12.2. The number of nitrogens with two attached hydrogens (primary N) is 1. The Morgan fingerprint density at radius 2 is 2.05 bits per heavy atom. The van der Waals surface area contributed by atoms with E-state index in [2.05, 4.69) is 12.2 Å². The van der Waals surface area contributed by atoms with Gasteiger partial charge in [-0.2, -0.15) is 13.2 Å². The van der Waals surface area contributed by atoms with Gasteiger partial charge in [-0.1, -0.05) is 30.4 Å². The number of hydrogen-bond donors (Lipinski definition) is 1. The lowest BCUT2D eigenvalue weighted by Gasteiger charge is -2.12. The number of aryl methyl sites for hydroxylation is 1. The molecule has 0 amide bonds. The van der Waals surface area contributed by atoms with Gasteiger partial charge in [0, 0.05) is 12.0 Å². The van der Waals surface area contributed by atoms with Gasteiger partial charge in [0.15, 0.2) is 6.61 Å². The molecule has 5 heteroatoms. The fourth-order valence-electron chi connectivity index (χ4n) is 2.64. The summed E-state index contributed by atoms with van der Waals surface area (Å²) < 4.78 is 41.3. The van der Waals surface area contributed by atoms with Gasteiger partial charge in [0.25, 0.3) is 0 Å². The van der Waals surface area contributed by atoms with E-state index in [1.54, 1.807) is 18.2 Å². The standard InChI is InChI=1S/C17H16F3NO/c1-10-7-12(22-9-17(18,19)20)5-6-13(10)11-3-2-4-14-15(8-11)16(14)21/h2-8,14,16H,9,21H2,1H3/t14?,16-/m0/s1. The van der Waals surface area contributed by atoms with Gasteiger partial charge in [-0.25, -0.2) is 0 Å². The van der Waals surface area contributed by atoms with E-state index >= 15 is 0 Å². The van der Waals surface area contributed by atoms with E-state index in [-0.39, 0.29) is 11.8 Å². The van der Waals surface area contributed by atoms with Crippen molar-refractivity contribution in [1.82, 2.24) is 0 Å². The second-order valence-electron chi connectivity index (χ2n) is 5.58. The molecule has 2 atom stereocenters. The van der Waals surface area contributed by atoms with Crippen LogP contribution in [0, 0.1) is 12.8 Å². The number of benzene rings is 1. The van der Waals surface area contributed by atoms with Crippen LogP contribution in [-0.2, 0) is 0 Å². The predicted molar refractivity (Wildman–Crippen MR) is 79.4 cm³/mol. The SMILES string of the molecule is Cc1cc(OCC(F)(F)F)ccc1C1=CC=CC2C(=C1)[C@H]2N. The molecule has 0 bridgehead atoms. The third-order valence-electron chi connectivity index (χ3n) is 3.88. The van der Waals surface area contributed by atoms with Gasteiger partial charge in [0.05, 0.1) is 0 Å². The topological polar surface area (TPSA) is 35.2 Å². The molecule has 0 spiro atoms. The van der Waals surface area contributed by atoms with Crippen LogP contribution in [0.5, 0.6) is 5.75 Å². The van der Waals surface area contributed by atoms with Gasteiger partial charge in [-0.3, -0.25) is 0 Å². The summed E-state index contributed by atoms with van der Waals surface area (Å²) in [7, 11) is 0. The van der Waals surface area contributed by atoms with Gasteiger partial charge in [-0.15, -0.1) is 0 Å². The lowest BCUT2D eigenvalue weighted by Crippen LogP contribution is -2.19. The molecular weight excluding hydrogens is 291 g/mol. The van der Waals surface area contributed by atoms with Crippen molar-refractivity contribution in [2.24, 2.45) is 11.7 Å². The number of halogens is 3. The quantitative estimate of drug-likeness (QED) is 0.922. The van der Waals surface area contributed by atoms with Crippen LogP contribution in [0.4, 0.5) is 13.2 Å². The van der Waals surface area contributed by atoms with E-state index < -0.39 is 12.8 Å². The molecule has 1 aromatic rings. The monoisotopic (exact) mass is 307 g/mol. The number of allylic oxidation sites excluding steroid dienone is 4. The van der Waals surface area contributed by atoms with Crippen LogP contribution in [-0.4, -0.2) is 18.8 Å². The molecule has 2 aliphatic rings. The Kier molecular flexibility index (Phi) is 3.60. The van der Waals surface area contributed by atoms with Gasteiger partial charge in [-0.05, 0) is 41.3 Å². The van der Waals surface area contributed by atoms with E-state index in [4.69, 9.17) is 10.5 Å². The molecule has 0 aliphatic heterocycles. The minimum Gasteiger partial charge on any atom is -0.484 e. The summed E-state index contributed by atoms with van der Waals surface area (Å²) in [5.41, 5.74) is 9.99. The van der Waals surface area contributed by atoms with Crippen molar-refractivity contribution < 1.29 is 17.9 Å². The molecule has 0 saturated heterocycles. The minimum atomic E-state index is -4.33. The molecule has 22 heavy (non-hydrogen) atoms. The van der Waals surface area contributed by atoms with Crippen molar-refractivity contribution in [2.75, 3.05) is 6.61 Å². The van der Waals surface area contributed by atoms with E-state index in [9.17, 15) is 13.2 Å². The highest BCUT2D eigenvalue weighted by atomic mass is 19.4. The Bertz CT molecular complexity index is 686. The van der Waals surface area contributed by atoms with Crippen molar-refractivity contribution in [1.29, 1.82) is 0 Å². The normalized spacial score (nSPS) is 23.3. The maximum absolute atomic E-state index is 12.2. The zero-order chi connectivity index (χ0) is 15.9. The third-order valence-corrected chi connectivity index (χ3v) is 3.88. The van der Waals surface area contributed by atoms with E-state index in [0.29, 0.717) is 5.92 Å². The second-order valence-corrected chi connectivity index (χ2v) is 5.58. The molecule has 3 rings (SSSR count). The first-order valence-electron chi connectivity index (χ1n) is 7.01. The third kappa shape index (κ3) is 3.09. The van der Waals surface area contributed by atoms with Crippen LogP contribution in [0.2, 0.25) is 0 Å². The zero-order valence-electron chi connectivity index (χ0n) is 12.0. The first-order valence-corrected chi connectivity index (χ1v) is 7.01. The largest absolute Gasteiger partial charge is 0.484 e. The lowest BCUT2D eigenvalue weighted by atomic mass is 9.99. The highest BCUT2D eigenvalue weighted by Crippen LogP contribution is 2.41. The molecule has 1 unspecified atom stereocenters. The van der Waals surface area contributed by atoms with Crippen LogP contribution >= 0.6 is 0 Å². The molecule has 2 nitrogen and oxygen atoms in total. The van der Waals surface area contributed by atoms with Gasteiger partial charge >= 0.3 is 6.18 Å². The van der Waals surface area contributed by atoms with E-state index in [0.717, 1.165) is 16.7 Å². The Labute approximate surface area is 126 Å². The van der Waals surface area contributed by atoms with Crippen LogP contribution in [0.3, 0.4) is 0 Å². The van der Waals surface area contributed by atoms with Gasteiger partial charge in [0.1, 0.15) is 5.75 Å².